The zero-order valence-corrected chi connectivity index (χ0v) is 12.6. The Bertz CT molecular complexity index is 419. The molecule has 8 nitrogen and oxygen atoms in total. The van der Waals surface area contributed by atoms with E-state index in [0.29, 0.717) is 26.1 Å². The summed E-state index contributed by atoms with van der Waals surface area (Å²) in [4.78, 5) is 11.0. The summed E-state index contributed by atoms with van der Waals surface area (Å²) in [5.74, 6) is -0.477. The molecule has 0 aliphatic carbocycles. The van der Waals surface area contributed by atoms with Gasteiger partial charge in [-0.3, -0.25) is 4.79 Å². The molecule has 2 N–H and O–H groups in total. The van der Waals surface area contributed by atoms with Gasteiger partial charge in [0.15, 0.2) is 0 Å². The van der Waals surface area contributed by atoms with Crippen LogP contribution < -0.4 is 4.72 Å². The second-order valence-corrected chi connectivity index (χ2v) is 6.58. The molecule has 1 aliphatic rings. The van der Waals surface area contributed by atoms with Crippen molar-refractivity contribution >= 4 is 16.2 Å². The van der Waals surface area contributed by atoms with Crippen LogP contribution in [-0.4, -0.2) is 69.9 Å². The summed E-state index contributed by atoms with van der Waals surface area (Å²) in [6.45, 7) is 0.518. The summed E-state index contributed by atoms with van der Waals surface area (Å²) in [5.41, 5.74) is -0.892. The molecular weight excluding hydrogens is 288 g/mol. The molecule has 1 aliphatic heterocycles. The molecule has 1 rings (SSSR count). The van der Waals surface area contributed by atoms with Crippen LogP contribution in [0.3, 0.4) is 0 Å². The van der Waals surface area contributed by atoms with E-state index in [1.807, 2.05) is 0 Å². The topological polar surface area (TPSA) is 105 Å². The Hall–Kier alpha value is -0.740. The van der Waals surface area contributed by atoms with E-state index in [2.05, 4.69) is 9.46 Å². The average molecular weight is 310 g/mol. The molecule has 118 valence electrons. The summed E-state index contributed by atoms with van der Waals surface area (Å²) in [6, 6.07) is 0. The molecule has 0 unspecified atom stereocenters. The SMILES string of the molecule is COC(=O)CCN(C)S(=O)(=O)NC1(CO)CCOCC1. The standard InChI is InChI=1S/C11H22N2O6S/c1-13(6-3-10(15)18-2)20(16,17)12-11(9-14)4-7-19-8-5-11/h12,14H,3-9H2,1-2H3. The number of carbonyl (C=O) groups is 1. The Kier molecular flexibility index (Phi) is 6.34. The van der Waals surface area contributed by atoms with Crippen LogP contribution in [0.15, 0.2) is 0 Å². The Morgan fingerprint density at radius 3 is 2.55 bits per heavy atom. The molecule has 0 bridgehead atoms. The van der Waals surface area contributed by atoms with E-state index in [1.54, 1.807) is 0 Å². The molecule has 0 aromatic carbocycles. The highest BCUT2D eigenvalue weighted by Gasteiger charge is 2.37. The summed E-state index contributed by atoms with van der Waals surface area (Å²) in [6.07, 6.45) is 0.796. The van der Waals surface area contributed by atoms with Gasteiger partial charge in [0.1, 0.15) is 0 Å². The van der Waals surface area contributed by atoms with E-state index in [0.717, 1.165) is 4.31 Å². The van der Waals surface area contributed by atoms with E-state index in [4.69, 9.17) is 4.74 Å². The van der Waals surface area contributed by atoms with Gasteiger partial charge >= 0.3 is 5.97 Å². The molecule has 1 fully saturated rings. The highest BCUT2D eigenvalue weighted by molar-refractivity contribution is 7.87. The van der Waals surface area contributed by atoms with Crippen LogP contribution in [0.25, 0.3) is 0 Å². The third kappa shape index (κ3) is 4.67. The lowest BCUT2D eigenvalue weighted by molar-refractivity contribution is -0.140. The number of aliphatic hydroxyl groups excluding tert-OH is 1. The molecule has 0 aromatic heterocycles. The summed E-state index contributed by atoms with van der Waals surface area (Å²) in [7, 11) is -1.16. The minimum absolute atomic E-state index is 0.0139. The lowest BCUT2D eigenvalue weighted by atomic mass is 9.93. The van der Waals surface area contributed by atoms with Crippen molar-refractivity contribution < 1.29 is 27.8 Å². The molecule has 20 heavy (non-hydrogen) atoms. The number of carbonyl (C=O) groups excluding carboxylic acids is 1. The minimum Gasteiger partial charge on any atom is -0.469 e. The van der Waals surface area contributed by atoms with Crippen LogP contribution in [0, 0.1) is 0 Å². The van der Waals surface area contributed by atoms with Gasteiger partial charge in [-0.1, -0.05) is 0 Å². The van der Waals surface area contributed by atoms with Crippen molar-refractivity contribution in [1.82, 2.24) is 9.03 Å². The lowest BCUT2D eigenvalue weighted by Crippen LogP contribution is -2.57. The molecule has 0 amide bonds. The van der Waals surface area contributed by atoms with Gasteiger partial charge in [-0.25, -0.2) is 0 Å². The zero-order chi connectivity index (χ0) is 15.2. The van der Waals surface area contributed by atoms with Crippen molar-refractivity contribution in [2.75, 3.05) is 40.5 Å². The fourth-order valence-electron chi connectivity index (χ4n) is 1.88. The molecular formula is C11H22N2O6S. The van der Waals surface area contributed by atoms with Gasteiger partial charge < -0.3 is 14.6 Å². The number of methoxy groups -OCH3 is 1. The van der Waals surface area contributed by atoms with Crippen LogP contribution >= 0.6 is 0 Å². The number of ether oxygens (including phenoxy) is 2. The first-order valence-electron chi connectivity index (χ1n) is 6.36. The molecule has 9 heteroatoms. The van der Waals surface area contributed by atoms with Gasteiger partial charge in [-0.2, -0.15) is 17.4 Å². The Balaban J connectivity index is 2.64. The third-order valence-corrected chi connectivity index (χ3v) is 5.06. The predicted octanol–water partition coefficient (Wildman–Crippen LogP) is -1.14. The van der Waals surface area contributed by atoms with Gasteiger partial charge in [0.05, 0.1) is 25.7 Å². The number of nitrogens with zero attached hydrogens (tertiary/aromatic N) is 1. The van der Waals surface area contributed by atoms with Gasteiger partial charge in [-0.05, 0) is 12.8 Å². The summed E-state index contributed by atoms with van der Waals surface area (Å²) >= 11 is 0. The smallest absolute Gasteiger partial charge is 0.306 e. The maximum Gasteiger partial charge on any atom is 0.306 e. The van der Waals surface area contributed by atoms with E-state index in [-0.39, 0.29) is 19.6 Å². The zero-order valence-electron chi connectivity index (χ0n) is 11.8. The molecule has 0 aromatic rings. The Labute approximate surface area is 119 Å². The van der Waals surface area contributed by atoms with Crippen LogP contribution in [0.4, 0.5) is 0 Å². The molecule has 0 radical (unpaired) electrons. The van der Waals surface area contributed by atoms with Crippen LogP contribution in [0.5, 0.6) is 0 Å². The van der Waals surface area contributed by atoms with Crippen LogP contribution in [0.2, 0.25) is 0 Å². The van der Waals surface area contributed by atoms with Crippen molar-refractivity contribution in [2.45, 2.75) is 24.8 Å². The number of nitrogens with one attached hydrogen (secondary N) is 1. The molecule has 1 heterocycles. The highest BCUT2D eigenvalue weighted by Crippen LogP contribution is 2.21. The summed E-state index contributed by atoms with van der Waals surface area (Å²) < 4.78 is 37.5. The number of hydrogen-bond acceptors (Lipinski definition) is 6. The molecule has 1 saturated heterocycles. The molecule has 0 saturated carbocycles. The Morgan fingerprint density at radius 1 is 1.45 bits per heavy atom. The first kappa shape index (κ1) is 17.3. The molecule has 0 spiro atoms. The number of rotatable bonds is 7. The normalized spacial score (nSPS) is 19.0. The lowest BCUT2D eigenvalue weighted by Gasteiger charge is -2.37. The van der Waals surface area contributed by atoms with E-state index >= 15 is 0 Å². The quantitative estimate of drug-likeness (QED) is 0.576. The second-order valence-electron chi connectivity index (χ2n) is 4.81. The van der Waals surface area contributed by atoms with Gasteiger partial charge in [0, 0.05) is 26.8 Å². The fraction of sp³-hybridized carbons (Fsp3) is 0.909. The van der Waals surface area contributed by atoms with E-state index < -0.39 is 21.7 Å². The van der Waals surface area contributed by atoms with Gasteiger partial charge in [0.25, 0.3) is 10.2 Å². The number of hydrogen-bond donors (Lipinski definition) is 2. The largest absolute Gasteiger partial charge is 0.469 e. The maximum absolute atomic E-state index is 12.2. The number of aliphatic hydroxyl groups is 1. The minimum atomic E-state index is -3.77. The predicted molar refractivity (Wildman–Crippen MR) is 71.2 cm³/mol. The van der Waals surface area contributed by atoms with E-state index in [9.17, 15) is 18.3 Å². The van der Waals surface area contributed by atoms with Crippen molar-refractivity contribution in [1.29, 1.82) is 0 Å². The van der Waals surface area contributed by atoms with Crippen molar-refractivity contribution in [3.8, 4) is 0 Å². The Morgan fingerprint density at radius 2 is 2.05 bits per heavy atom. The second kappa shape index (κ2) is 7.32. The van der Waals surface area contributed by atoms with Gasteiger partial charge in [0.2, 0.25) is 0 Å². The fourth-order valence-corrected chi connectivity index (χ4v) is 3.18. The summed E-state index contributed by atoms with van der Waals surface area (Å²) in [5, 5.41) is 9.47. The van der Waals surface area contributed by atoms with Crippen LogP contribution in [-0.2, 0) is 24.5 Å². The average Bonchev–Trinajstić information content (AvgIpc) is 2.44. The molecule has 0 atom stereocenters. The van der Waals surface area contributed by atoms with Crippen LogP contribution in [0.1, 0.15) is 19.3 Å². The first-order chi connectivity index (χ1) is 9.35. The van der Waals surface area contributed by atoms with Crippen molar-refractivity contribution in [2.24, 2.45) is 0 Å². The third-order valence-electron chi connectivity index (χ3n) is 3.37. The monoisotopic (exact) mass is 310 g/mol. The van der Waals surface area contributed by atoms with Gasteiger partial charge in [-0.15, -0.1) is 0 Å². The first-order valence-corrected chi connectivity index (χ1v) is 7.80. The van der Waals surface area contributed by atoms with Crippen molar-refractivity contribution in [3.05, 3.63) is 0 Å². The number of esters is 1. The highest BCUT2D eigenvalue weighted by atomic mass is 32.2. The van der Waals surface area contributed by atoms with Crippen molar-refractivity contribution in [3.63, 3.8) is 0 Å². The maximum atomic E-state index is 12.2. The van der Waals surface area contributed by atoms with E-state index in [1.165, 1.54) is 14.2 Å².